The van der Waals surface area contributed by atoms with Gasteiger partial charge >= 0.3 is 6.01 Å². The summed E-state index contributed by atoms with van der Waals surface area (Å²) < 4.78 is 5.37. The van der Waals surface area contributed by atoms with E-state index in [9.17, 15) is 0 Å². The van der Waals surface area contributed by atoms with Gasteiger partial charge in [0.1, 0.15) is 5.82 Å². The van der Waals surface area contributed by atoms with Crippen LogP contribution in [0.3, 0.4) is 0 Å². The highest BCUT2D eigenvalue weighted by atomic mass is 32.2. The number of nitrogens with two attached hydrogens (primary N) is 1. The fourth-order valence-electron chi connectivity index (χ4n) is 1.11. The molecule has 0 spiro atoms. The predicted molar refractivity (Wildman–Crippen MR) is 65.2 cm³/mol. The Morgan fingerprint density at radius 2 is 1.94 bits per heavy atom. The first-order chi connectivity index (χ1) is 8.52. The van der Waals surface area contributed by atoms with Gasteiger partial charge in [-0.15, -0.1) is 5.10 Å². The quantitative estimate of drug-likeness (QED) is 0.836. The molecule has 2 heterocycles. The van der Waals surface area contributed by atoms with E-state index in [1.807, 2.05) is 20.8 Å². The van der Waals surface area contributed by atoms with E-state index in [2.05, 4.69) is 30.1 Å². The Balaban J connectivity index is 2.19. The summed E-state index contributed by atoms with van der Waals surface area (Å²) in [5, 5.41) is 7.63. The summed E-state index contributed by atoms with van der Waals surface area (Å²) in [6.07, 6.45) is -0.0320. The van der Waals surface area contributed by atoms with E-state index in [1.54, 1.807) is 0 Å². The van der Waals surface area contributed by atoms with Crippen LogP contribution in [-0.2, 0) is 0 Å². The van der Waals surface area contributed by atoms with Gasteiger partial charge in [-0.05, 0) is 32.5 Å². The molecule has 0 atom stereocenters. The standard InChI is InChI=1S/C9H13N7OS/c1-4(2)17-7-12-6(10)13-8(14-7)18-9-11-5(3)15-16-9/h4H,1-3H3,(H,11,15,16)(H2,10,12,13,14). The Bertz CT molecular complexity index is 541. The van der Waals surface area contributed by atoms with Gasteiger partial charge in [-0.25, -0.2) is 4.98 Å². The molecular formula is C9H13N7OS. The zero-order valence-corrected chi connectivity index (χ0v) is 11.0. The molecule has 0 unspecified atom stereocenters. The van der Waals surface area contributed by atoms with Crippen LogP contribution in [0.2, 0.25) is 0 Å². The maximum Gasteiger partial charge on any atom is 0.322 e. The van der Waals surface area contributed by atoms with Gasteiger partial charge in [0.05, 0.1) is 6.10 Å². The number of ether oxygens (including phenoxy) is 1. The number of nitrogen functional groups attached to an aromatic ring is 1. The van der Waals surface area contributed by atoms with Crippen LogP contribution < -0.4 is 10.5 Å². The first-order valence-electron chi connectivity index (χ1n) is 5.28. The van der Waals surface area contributed by atoms with Crippen molar-refractivity contribution in [2.45, 2.75) is 37.2 Å². The summed E-state index contributed by atoms with van der Waals surface area (Å²) in [5.41, 5.74) is 5.59. The zero-order chi connectivity index (χ0) is 13.1. The highest BCUT2D eigenvalue weighted by Crippen LogP contribution is 2.22. The van der Waals surface area contributed by atoms with Crippen LogP contribution >= 0.6 is 11.8 Å². The van der Waals surface area contributed by atoms with E-state index in [0.717, 1.165) is 5.82 Å². The first kappa shape index (κ1) is 12.6. The van der Waals surface area contributed by atoms with Gasteiger partial charge in [-0.1, -0.05) is 0 Å². The second kappa shape index (κ2) is 5.17. The lowest BCUT2D eigenvalue weighted by atomic mass is 10.5. The van der Waals surface area contributed by atoms with E-state index in [4.69, 9.17) is 10.5 Å². The van der Waals surface area contributed by atoms with Crippen LogP contribution in [0.4, 0.5) is 5.95 Å². The summed E-state index contributed by atoms with van der Waals surface area (Å²) >= 11 is 1.19. The van der Waals surface area contributed by atoms with E-state index >= 15 is 0 Å². The largest absolute Gasteiger partial charge is 0.461 e. The third-order valence-electron chi connectivity index (χ3n) is 1.71. The monoisotopic (exact) mass is 267 g/mol. The molecule has 0 aliphatic carbocycles. The van der Waals surface area contributed by atoms with Crippen molar-refractivity contribution in [3.05, 3.63) is 5.82 Å². The molecule has 0 aliphatic heterocycles. The highest BCUT2D eigenvalue weighted by molar-refractivity contribution is 7.99. The number of aromatic amines is 1. The maximum absolute atomic E-state index is 5.59. The molecule has 0 aromatic carbocycles. The number of anilines is 1. The smallest absolute Gasteiger partial charge is 0.322 e. The van der Waals surface area contributed by atoms with E-state index < -0.39 is 0 Å². The minimum Gasteiger partial charge on any atom is -0.461 e. The third-order valence-corrected chi connectivity index (χ3v) is 2.44. The average Bonchev–Trinajstić information content (AvgIpc) is 2.61. The number of hydrogen-bond acceptors (Lipinski definition) is 8. The normalized spacial score (nSPS) is 10.9. The molecule has 0 bridgehead atoms. The van der Waals surface area contributed by atoms with Crippen LogP contribution in [0.1, 0.15) is 19.7 Å². The van der Waals surface area contributed by atoms with Crippen LogP contribution in [-0.4, -0.2) is 36.2 Å². The summed E-state index contributed by atoms with van der Waals surface area (Å²) in [5.74, 6) is 0.827. The van der Waals surface area contributed by atoms with Crippen molar-refractivity contribution in [3.63, 3.8) is 0 Å². The van der Waals surface area contributed by atoms with Gasteiger partial charge in [-0.3, -0.25) is 5.10 Å². The molecule has 0 aliphatic rings. The number of nitrogens with zero attached hydrogens (tertiary/aromatic N) is 5. The van der Waals surface area contributed by atoms with E-state index in [0.29, 0.717) is 10.3 Å². The molecule has 2 aromatic rings. The summed E-state index contributed by atoms with van der Waals surface area (Å²) in [6, 6.07) is 0.201. The van der Waals surface area contributed by atoms with Gasteiger partial charge in [0, 0.05) is 0 Å². The number of hydrogen-bond donors (Lipinski definition) is 2. The van der Waals surface area contributed by atoms with Gasteiger partial charge in [0.15, 0.2) is 0 Å². The molecular weight excluding hydrogens is 254 g/mol. The van der Waals surface area contributed by atoms with Crippen LogP contribution in [0.15, 0.2) is 10.3 Å². The second-order valence-corrected chi connectivity index (χ2v) is 4.67. The van der Waals surface area contributed by atoms with Crippen LogP contribution in [0, 0.1) is 6.92 Å². The molecule has 0 radical (unpaired) electrons. The Labute approximate surface area is 108 Å². The van der Waals surface area contributed by atoms with Gasteiger partial charge in [-0.2, -0.15) is 15.0 Å². The van der Waals surface area contributed by atoms with Crippen molar-refractivity contribution in [1.82, 2.24) is 30.1 Å². The number of nitrogens with one attached hydrogen (secondary N) is 1. The Morgan fingerprint density at radius 1 is 1.17 bits per heavy atom. The number of rotatable bonds is 4. The lowest BCUT2D eigenvalue weighted by molar-refractivity contribution is 0.219. The molecule has 18 heavy (non-hydrogen) atoms. The Kier molecular flexibility index (Phi) is 3.60. The number of aryl methyl sites for hydroxylation is 1. The second-order valence-electron chi connectivity index (χ2n) is 3.73. The molecule has 2 rings (SSSR count). The highest BCUT2D eigenvalue weighted by Gasteiger charge is 2.11. The molecule has 2 aromatic heterocycles. The molecule has 0 saturated carbocycles. The predicted octanol–water partition coefficient (Wildman–Crippen LogP) is 0.819. The topological polar surface area (TPSA) is 115 Å². The van der Waals surface area contributed by atoms with Crippen molar-refractivity contribution in [2.24, 2.45) is 0 Å². The first-order valence-corrected chi connectivity index (χ1v) is 6.09. The average molecular weight is 267 g/mol. The summed E-state index contributed by atoms with van der Waals surface area (Å²) in [4.78, 5) is 16.1. The molecule has 96 valence electrons. The molecule has 0 fully saturated rings. The third kappa shape index (κ3) is 3.29. The van der Waals surface area contributed by atoms with Gasteiger partial charge in [0.2, 0.25) is 16.3 Å². The zero-order valence-electron chi connectivity index (χ0n) is 10.2. The van der Waals surface area contributed by atoms with Crippen molar-refractivity contribution in [1.29, 1.82) is 0 Å². The van der Waals surface area contributed by atoms with Crippen LogP contribution in [0.25, 0.3) is 0 Å². The Morgan fingerprint density at radius 3 is 2.56 bits per heavy atom. The fraction of sp³-hybridized carbons (Fsp3) is 0.444. The summed E-state index contributed by atoms with van der Waals surface area (Å²) in [6.45, 7) is 5.57. The number of aromatic nitrogens is 6. The van der Waals surface area contributed by atoms with Gasteiger partial charge < -0.3 is 10.5 Å². The van der Waals surface area contributed by atoms with Crippen molar-refractivity contribution in [3.8, 4) is 6.01 Å². The Hall–Kier alpha value is -1.90. The maximum atomic E-state index is 5.59. The molecule has 0 amide bonds. The SMILES string of the molecule is Cc1nc(Sc2nc(N)nc(OC(C)C)n2)n[nH]1. The minimum atomic E-state index is -0.0320. The van der Waals surface area contributed by atoms with Gasteiger partial charge in [0.25, 0.3) is 0 Å². The van der Waals surface area contributed by atoms with E-state index in [-0.39, 0.29) is 18.1 Å². The van der Waals surface area contributed by atoms with Crippen molar-refractivity contribution >= 4 is 17.7 Å². The van der Waals surface area contributed by atoms with Crippen molar-refractivity contribution in [2.75, 3.05) is 5.73 Å². The lowest BCUT2D eigenvalue weighted by Gasteiger charge is -2.07. The molecule has 8 nitrogen and oxygen atoms in total. The van der Waals surface area contributed by atoms with Crippen molar-refractivity contribution < 1.29 is 4.74 Å². The van der Waals surface area contributed by atoms with E-state index in [1.165, 1.54) is 11.8 Å². The molecule has 9 heteroatoms. The van der Waals surface area contributed by atoms with Crippen LogP contribution in [0.5, 0.6) is 6.01 Å². The fourth-order valence-corrected chi connectivity index (χ4v) is 1.81. The minimum absolute atomic E-state index is 0.0320. The molecule has 3 N–H and O–H groups in total. The number of H-pyrrole nitrogens is 1. The molecule has 0 saturated heterocycles. The lowest BCUT2D eigenvalue weighted by Crippen LogP contribution is -2.10. The summed E-state index contributed by atoms with van der Waals surface area (Å²) in [7, 11) is 0.